The zero-order chi connectivity index (χ0) is 15.0. The van der Waals surface area contributed by atoms with Gasteiger partial charge in [0.05, 0.1) is 6.54 Å². The van der Waals surface area contributed by atoms with Crippen molar-refractivity contribution in [3.8, 4) is 0 Å². The van der Waals surface area contributed by atoms with Gasteiger partial charge in [-0.15, -0.1) is 0 Å². The first-order valence-electron chi connectivity index (χ1n) is 6.94. The standard InChI is InChI=1S/C15H23N3O2/c1-4-6-14(19)17-12-7-5-8-13(9-12)18-15(20)10-16-11(2)3/h5,7-9,11,16H,4,6,10H2,1-3H3,(H,17,19)(H,18,20). The van der Waals surface area contributed by atoms with Crippen molar-refractivity contribution in [3.05, 3.63) is 24.3 Å². The first kappa shape index (κ1) is 16.2. The topological polar surface area (TPSA) is 70.2 Å². The van der Waals surface area contributed by atoms with Crippen molar-refractivity contribution in [1.29, 1.82) is 0 Å². The lowest BCUT2D eigenvalue weighted by atomic mass is 10.2. The molecule has 0 fully saturated rings. The molecule has 0 aliphatic carbocycles. The summed E-state index contributed by atoms with van der Waals surface area (Å²) in [6, 6.07) is 7.41. The largest absolute Gasteiger partial charge is 0.326 e. The van der Waals surface area contributed by atoms with Crippen molar-refractivity contribution >= 4 is 23.2 Å². The molecule has 3 N–H and O–H groups in total. The summed E-state index contributed by atoms with van der Waals surface area (Å²) < 4.78 is 0. The first-order chi connectivity index (χ1) is 9.51. The molecule has 1 rings (SSSR count). The van der Waals surface area contributed by atoms with E-state index in [0.717, 1.165) is 6.42 Å². The van der Waals surface area contributed by atoms with Gasteiger partial charge in [0.1, 0.15) is 0 Å². The quantitative estimate of drug-likeness (QED) is 0.716. The van der Waals surface area contributed by atoms with Gasteiger partial charge in [-0.1, -0.05) is 26.8 Å². The van der Waals surface area contributed by atoms with Crippen LogP contribution in [0.5, 0.6) is 0 Å². The second kappa shape index (κ2) is 8.32. The Kier molecular flexibility index (Phi) is 6.73. The SMILES string of the molecule is CCCC(=O)Nc1cccc(NC(=O)CNC(C)C)c1. The van der Waals surface area contributed by atoms with E-state index < -0.39 is 0 Å². The van der Waals surface area contributed by atoms with Gasteiger partial charge < -0.3 is 16.0 Å². The van der Waals surface area contributed by atoms with Crippen molar-refractivity contribution < 1.29 is 9.59 Å². The van der Waals surface area contributed by atoms with E-state index in [-0.39, 0.29) is 24.4 Å². The highest BCUT2D eigenvalue weighted by Gasteiger charge is 2.05. The molecule has 0 atom stereocenters. The van der Waals surface area contributed by atoms with Gasteiger partial charge >= 0.3 is 0 Å². The third-order valence-corrected chi connectivity index (χ3v) is 2.58. The summed E-state index contributed by atoms with van der Waals surface area (Å²) in [5.41, 5.74) is 1.37. The van der Waals surface area contributed by atoms with Gasteiger partial charge in [-0.05, 0) is 24.6 Å². The monoisotopic (exact) mass is 277 g/mol. The van der Waals surface area contributed by atoms with Crippen LogP contribution in [0.2, 0.25) is 0 Å². The van der Waals surface area contributed by atoms with Crippen LogP contribution in [-0.2, 0) is 9.59 Å². The fraction of sp³-hybridized carbons (Fsp3) is 0.467. The lowest BCUT2D eigenvalue weighted by Gasteiger charge is -2.10. The number of carbonyl (C=O) groups excluding carboxylic acids is 2. The van der Waals surface area contributed by atoms with Crippen LogP contribution in [0.25, 0.3) is 0 Å². The van der Waals surface area contributed by atoms with E-state index in [4.69, 9.17) is 0 Å². The van der Waals surface area contributed by atoms with E-state index in [9.17, 15) is 9.59 Å². The summed E-state index contributed by atoms with van der Waals surface area (Å²) >= 11 is 0. The second-order valence-electron chi connectivity index (χ2n) is 4.96. The lowest BCUT2D eigenvalue weighted by Crippen LogP contribution is -2.32. The summed E-state index contributed by atoms with van der Waals surface area (Å²) in [6.07, 6.45) is 1.30. The Labute approximate surface area is 120 Å². The first-order valence-corrected chi connectivity index (χ1v) is 6.94. The molecule has 0 aliphatic heterocycles. The molecule has 5 heteroatoms. The van der Waals surface area contributed by atoms with Crippen molar-refractivity contribution in [1.82, 2.24) is 5.32 Å². The Bertz CT molecular complexity index is 458. The number of rotatable bonds is 7. The maximum atomic E-state index is 11.7. The number of carbonyl (C=O) groups is 2. The average Bonchev–Trinajstić information content (AvgIpc) is 2.37. The van der Waals surface area contributed by atoms with Crippen molar-refractivity contribution in [2.45, 2.75) is 39.7 Å². The van der Waals surface area contributed by atoms with Crippen LogP contribution >= 0.6 is 0 Å². The summed E-state index contributed by atoms with van der Waals surface area (Å²) in [7, 11) is 0. The minimum Gasteiger partial charge on any atom is -0.326 e. The van der Waals surface area contributed by atoms with Crippen LogP contribution in [0, 0.1) is 0 Å². The van der Waals surface area contributed by atoms with Gasteiger partial charge in [0.25, 0.3) is 0 Å². The molecular formula is C15H23N3O2. The Morgan fingerprint density at radius 3 is 2.25 bits per heavy atom. The van der Waals surface area contributed by atoms with Crippen LogP contribution in [0.1, 0.15) is 33.6 Å². The summed E-state index contributed by atoms with van der Waals surface area (Å²) in [4.78, 5) is 23.2. The Balaban J connectivity index is 2.55. The smallest absolute Gasteiger partial charge is 0.238 e. The van der Waals surface area contributed by atoms with Gasteiger partial charge in [-0.3, -0.25) is 9.59 Å². The molecule has 0 radical (unpaired) electrons. The maximum Gasteiger partial charge on any atom is 0.238 e. The number of amides is 2. The van der Waals surface area contributed by atoms with Crippen molar-refractivity contribution in [2.75, 3.05) is 17.2 Å². The highest BCUT2D eigenvalue weighted by Crippen LogP contribution is 2.15. The third-order valence-electron chi connectivity index (χ3n) is 2.58. The molecule has 110 valence electrons. The highest BCUT2D eigenvalue weighted by molar-refractivity contribution is 5.94. The molecular weight excluding hydrogens is 254 g/mol. The number of benzene rings is 1. The van der Waals surface area contributed by atoms with Crippen LogP contribution in [0.15, 0.2) is 24.3 Å². The Hall–Kier alpha value is -1.88. The average molecular weight is 277 g/mol. The lowest BCUT2D eigenvalue weighted by molar-refractivity contribution is -0.116. The number of nitrogens with one attached hydrogen (secondary N) is 3. The van der Waals surface area contributed by atoms with E-state index in [0.29, 0.717) is 17.8 Å². The maximum absolute atomic E-state index is 11.7. The van der Waals surface area contributed by atoms with E-state index in [1.807, 2.05) is 20.8 Å². The Morgan fingerprint density at radius 1 is 1.10 bits per heavy atom. The molecule has 1 aromatic rings. The molecule has 0 aromatic heterocycles. The summed E-state index contributed by atoms with van der Waals surface area (Å²) in [5, 5.41) is 8.64. The minimum atomic E-state index is -0.101. The summed E-state index contributed by atoms with van der Waals surface area (Å²) in [6.45, 7) is 6.19. The van der Waals surface area contributed by atoms with Gasteiger partial charge in [-0.2, -0.15) is 0 Å². The highest BCUT2D eigenvalue weighted by atomic mass is 16.2. The fourth-order valence-electron chi connectivity index (χ4n) is 1.63. The van der Waals surface area contributed by atoms with Crippen molar-refractivity contribution in [2.24, 2.45) is 0 Å². The van der Waals surface area contributed by atoms with Gasteiger partial charge in [0, 0.05) is 23.8 Å². The van der Waals surface area contributed by atoms with E-state index in [2.05, 4.69) is 16.0 Å². The molecule has 2 amide bonds. The van der Waals surface area contributed by atoms with Crippen LogP contribution < -0.4 is 16.0 Å². The molecule has 0 aliphatic rings. The van der Waals surface area contributed by atoms with Gasteiger partial charge in [0.2, 0.25) is 11.8 Å². The van der Waals surface area contributed by atoms with E-state index >= 15 is 0 Å². The molecule has 0 spiro atoms. The predicted molar refractivity (Wildman–Crippen MR) is 81.7 cm³/mol. The second-order valence-corrected chi connectivity index (χ2v) is 4.96. The molecule has 20 heavy (non-hydrogen) atoms. The third kappa shape index (κ3) is 6.33. The van der Waals surface area contributed by atoms with Crippen LogP contribution in [0.3, 0.4) is 0 Å². The Morgan fingerprint density at radius 2 is 1.70 bits per heavy atom. The predicted octanol–water partition coefficient (Wildman–Crippen LogP) is 2.36. The van der Waals surface area contributed by atoms with E-state index in [1.54, 1.807) is 24.3 Å². The molecule has 0 heterocycles. The fourth-order valence-corrected chi connectivity index (χ4v) is 1.63. The van der Waals surface area contributed by atoms with Crippen molar-refractivity contribution in [3.63, 3.8) is 0 Å². The molecule has 0 saturated carbocycles. The summed E-state index contributed by atoms with van der Waals surface area (Å²) in [5.74, 6) is -0.117. The van der Waals surface area contributed by atoms with Gasteiger partial charge in [-0.25, -0.2) is 0 Å². The number of hydrogen-bond donors (Lipinski definition) is 3. The van der Waals surface area contributed by atoms with E-state index in [1.165, 1.54) is 0 Å². The normalized spacial score (nSPS) is 10.4. The zero-order valence-electron chi connectivity index (χ0n) is 12.3. The zero-order valence-corrected chi connectivity index (χ0v) is 12.3. The number of hydrogen-bond acceptors (Lipinski definition) is 3. The minimum absolute atomic E-state index is 0.0162. The van der Waals surface area contributed by atoms with Crippen LogP contribution in [0.4, 0.5) is 11.4 Å². The molecule has 0 unspecified atom stereocenters. The number of anilines is 2. The van der Waals surface area contributed by atoms with Gasteiger partial charge in [0.15, 0.2) is 0 Å². The molecule has 0 bridgehead atoms. The van der Waals surface area contributed by atoms with Crippen LogP contribution in [-0.4, -0.2) is 24.4 Å². The molecule has 1 aromatic carbocycles. The molecule has 0 saturated heterocycles. The molecule has 5 nitrogen and oxygen atoms in total.